The van der Waals surface area contributed by atoms with Crippen molar-refractivity contribution in [1.82, 2.24) is 14.8 Å². The van der Waals surface area contributed by atoms with E-state index in [4.69, 9.17) is 5.73 Å². The molecule has 0 bridgehead atoms. The maximum atomic E-state index is 12.1. The Balaban J connectivity index is 2.06. The molecule has 5 heteroatoms. The van der Waals surface area contributed by atoms with Crippen molar-refractivity contribution in [2.24, 2.45) is 0 Å². The summed E-state index contributed by atoms with van der Waals surface area (Å²) in [5, 5.41) is 4.48. The third kappa shape index (κ3) is 3.23. The molecule has 0 aliphatic rings. The fourth-order valence-electron chi connectivity index (χ4n) is 2.16. The van der Waals surface area contributed by atoms with Crippen molar-refractivity contribution in [3.05, 3.63) is 42.0 Å². The first-order chi connectivity index (χ1) is 9.63. The predicted molar refractivity (Wildman–Crippen MR) is 78.5 cm³/mol. The average molecular weight is 272 g/mol. The molecule has 2 rings (SSSR count). The van der Waals surface area contributed by atoms with Crippen LogP contribution in [-0.2, 0) is 6.42 Å². The van der Waals surface area contributed by atoms with E-state index in [1.807, 2.05) is 16.9 Å². The van der Waals surface area contributed by atoms with Crippen LogP contribution >= 0.6 is 0 Å². The van der Waals surface area contributed by atoms with Crippen molar-refractivity contribution in [3.8, 4) is 0 Å². The molecule has 0 saturated carbocycles. The van der Waals surface area contributed by atoms with E-state index >= 15 is 0 Å². The Bertz CT molecular complexity index is 570. The lowest BCUT2D eigenvalue weighted by atomic mass is 10.1. The fraction of sp³-hybridized carbons (Fsp3) is 0.400. The van der Waals surface area contributed by atoms with Gasteiger partial charge in [-0.1, -0.05) is 13.8 Å². The summed E-state index contributed by atoms with van der Waals surface area (Å²) in [7, 11) is 0. The van der Waals surface area contributed by atoms with Gasteiger partial charge in [-0.3, -0.25) is 14.5 Å². The number of carbonyl (C=O) groups excluding carboxylic acids is 1. The minimum absolute atomic E-state index is 0.0419. The number of hydrogen-bond donors (Lipinski definition) is 1. The Hall–Kier alpha value is -2.17. The standard InChI is InChI=1S/C15H20N4O/c1-3-13(4-2)19-8-7-12(18-19)9-15(20)14-6-5-11(16)10-17-14/h5-8,10,13H,3-4,9,16H2,1-2H3. The van der Waals surface area contributed by atoms with E-state index in [0.29, 0.717) is 17.4 Å². The molecule has 0 atom stereocenters. The van der Waals surface area contributed by atoms with Crippen LogP contribution in [-0.4, -0.2) is 20.5 Å². The SMILES string of the molecule is CCC(CC)n1ccc(CC(=O)c2ccc(N)cn2)n1. The molecule has 2 N–H and O–H groups in total. The molecule has 0 amide bonds. The van der Waals surface area contributed by atoms with E-state index in [1.54, 1.807) is 12.1 Å². The molecule has 5 nitrogen and oxygen atoms in total. The summed E-state index contributed by atoms with van der Waals surface area (Å²) in [6.45, 7) is 4.28. The van der Waals surface area contributed by atoms with E-state index in [-0.39, 0.29) is 12.2 Å². The molecule has 2 aromatic rings. The normalized spacial score (nSPS) is 10.9. The summed E-state index contributed by atoms with van der Waals surface area (Å²) in [5.41, 5.74) is 7.32. The highest BCUT2D eigenvalue weighted by Crippen LogP contribution is 2.15. The van der Waals surface area contributed by atoms with Gasteiger partial charge in [0, 0.05) is 6.20 Å². The largest absolute Gasteiger partial charge is 0.397 e. The van der Waals surface area contributed by atoms with Crippen LogP contribution in [0.25, 0.3) is 0 Å². The topological polar surface area (TPSA) is 73.8 Å². The second-order valence-electron chi connectivity index (χ2n) is 4.83. The zero-order valence-corrected chi connectivity index (χ0v) is 11.9. The number of Topliss-reactive ketones (excluding diaryl/α,β-unsaturated/α-hetero) is 1. The number of pyridine rings is 1. The molecule has 0 aromatic carbocycles. The summed E-state index contributed by atoms with van der Waals surface area (Å²) < 4.78 is 1.94. The molecule has 2 aromatic heterocycles. The van der Waals surface area contributed by atoms with Gasteiger partial charge in [0.25, 0.3) is 0 Å². The zero-order chi connectivity index (χ0) is 14.5. The van der Waals surface area contributed by atoms with Crippen molar-refractivity contribution in [2.45, 2.75) is 39.2 Å². The molecule has 2 heterocycles. The molecular weight excluding hydrogens is 252 g/mol. The first-order valence-electron chi connectivity index (χ1n) is 6.92. The first kappa shape index (κ1) is 14.2. The predicted octanol–water partition coefficient (Wildman–Crippen LogP) is 2.65. The number of ketones is 1. The van der Waals surface area contributed by atoms with Gasteiger partial charge in [-0.25, -0.2) is 0 Å². The number of rotatable bonds is 6. The van der Waals surface area contributed by atoms with Crippen molar-refractivity contribution in [1.29, 1.82) is 0 Å². The summed E-state index contributed by atoms with van der Waals surface area (Å²) >= 11 is 0. The van der Waals surface area contributed by atoms with Crippen LogP contribution < -0.4 is 5.73 Å². The third-order valence-corrected chi connectivity index (χ3v) is 3.39. The Labute approximate surface area is 118 Å². The highest BCUT2D eigenvalue weighted by Gasteiger charge is 2.12. The van der Waals surface area contributed by atoms with Gasteiger partial charge in [-0.05, 0) is 31.0 Å². The lowest BCUT2D eigenvalue weighted by molar-refractivity contribution is 0.0987. The van der Waals surface area contributed by atoms with E-state index in [0.717, 1.165) is 18.5 Å². The van der Waals surface area contributed by atoms with Gasteiger partial charge in [0.1, 0.15) is 5.69 Å². The van der Waals surface area contributed by atoms with Crippen LogP contribution in [0.4, 0.5) is 5.69 Å². The van der Waals surface area contributed by atoms with Gasteiger partial charge in [0.15, 0.2) is 5.78 Å². The van der Waals surface area contributed by atoms with Gasteiger partial charge in [-0.2, -0.15) is 5.10 Å². The maximum Gasteiger partial charge on any atom is 0.187 e. The lowest BCUT2D eigenvalue weighted by Gasteiger charge is -2.12. The van der Waals surface area contributed by atoms with Crippen LogP contribution in [0, 0.1) is 0 Å². The van der Waals surface area contributed by atoms with Crippen LogP contribution in [0.2, 0.25) is 0 Å². The molecule has 0 aliphatic carbocycles. The van der Waals surface area contributed by atoms with Crippen LogP contribution in [0.15, 0.2) is 30.6 Å². The van der Waals surface area contributed by atoms with E-state index < -0.39 is 0 Å². The summed E-state index contributed by atoms with van der Waals surface area (Å²) in [6, 6.07) is 5.63. The number of anilines is 1. The lowest BCUT2D eigenvalue weighted by Crippen LogP contribution is -2.10. The van der Waals surface area contributed by atoms with Gasteiger partial charge >= 0.3 is 0 Å². The summed E-state index contributed by atoms with van der Waals surface area (Å²) in [4.78, 5) is 16.1. The Morgan fingerprint density at radius 3 is 2.65 bits per heavy atom. The third-order valence-electron chi connectivity index (χ3n) is 3.39. The molecule has 0 saturated heterocycles. The van der Waals surface area contributed by atoms with Crippen molar-refractivity contribution >= 4 is 11.5 Å². The van der Waals surface area contributed by atoms with E-state index in [9.17, 15) is 4.79 Å². The highest BCUT2D eigenvalue weighted by molar-refractivity contribution is 5.95. The van der Waals surface area contributed by atoms with E-state index in [2.05, 4.69) is 23.9 Å². The molecule has 0 fully saturated rings. The van der Waals surface area contributed by atoms with Gasteiger partial charge in [0.2, 0.25) is 0 Å². The summed E-state index contributed by atoms with van der Waals surface area (Å²) in [5.74, 6) is -0.0419. The molecular formula is C15H20N4O. The van der Waals surface area contributed by atoms with Crippen LogP contribution in [0.1, 0.15) is 48.9 Å². The van der Waals surface area contributed by atoms with E-state index in [1.165, 1.54) is 6.20 Å². The number of nitrogens with two attached hydrogens (primary N) is 1. The number of carbonyl (C=O) groups is 1. The molecule has 0 unspecified atom stereocenters. The monoisotopic (exact) mass is 272 g/mol. The molecule has 20 heavy (non-hydrogen) atoms. The zero-order valence-electron chi connectivity index (χ0n) is 11.9. The number of aromatic nitrogens is 3. The fourth-order valence-corrected chi connectivity index (χ4v) is 2.16. The highest BCUT2D eigenvalue weighted by atomic mass is 16.1. The number of nitrogen functional groups attached to an aromatic ring is 1. The Morgan fingerprint density at radius 2 is 2.05 bits per heavy atom. The van der Waals surface area contributed by atoms with Crippen LogP contribution in [0.5, 0.6) is 0 Å². The second-order valence-corrected chi connectivity index (χ2v) is 4.83. The Morgan fingerprint density at radius 1 is 1.30 bits per heavy atom. The first-order valence-corrected chi connectivity index (χ1v) is 6.92. The quantitative estimate of drug-likeness (QED) is 0.820. The summed E-state index contributed by atoms with van der Waals surface area (Å²) in [6.07, 6.45) is 5.77. The van der Waals surface area contributed by atoms with Crippen molar-refractivity contribution < 1.29 is 4.79 Å². The van der Waals surface area contributed by atoms with Gasteiger partial charge in [-0.15, -0.1) is 0 Å². The number of nitrogens with zero attached hydrogens (tertiary/aromatic N) is 3. The second kappa shape index (κ2) is 6.32. The average Bonchev–Trinajstić information content (AvgIpc) is 2.89. The minimum Gasteiger partial charge on any atom is -0.397 e. The molecule has 106 valence electrons. The molecule has 0 radical (unpaired) electrons. The maximum absolute atomic E-state index is 12.1. The Kier molecular flexibility index (Phi) is 4.50. The molecule has 0 spiro atoms. The van der Waals surface area contributed by atoms with Gasteiger partial charge in [0.05, 0.1) is 30.0 Å². The number of hydrogen-bond acceptors (Lipinski definition) is 4. The molecule has 0 aliphatic heterocycles. The van der Waals surface area contributed by atoms with Crippen molar-refractivity contribution in [3.63, 3.8) is 0 Å². The van der Waals surface area contributed by atoms with Crippen LogP contribution in [0.3, 0.4) is 0 Å². The van der Waals surface area contributed by atoms with Gasteiger partial charge < -0.3 is 5.73 Å². The minimum atomic E-state index is -0.0419. The smallest absolute Gasteiger partial charge is 0.187 e. The van der Waals surface area contributed by atoms with Crippen molar-refractivity contribution in [2.75, 3.05) is 5.73 Å².